The molecule has 0 aliphatic carbocycles. The number of nitrogens with zero attached hydrogens (tertiary/aromatic N) is 6. The van der Waals surface area contributed by atoms with Crippen molar-refractivity contribution in [1.29, 1.82) is 0 Å². The van der Waals surface area contributed by atoms with Gasteiger partial charge in [-0.15, -0.1) is 0 Å². The van der Waals surface area contributed by atoms with Crippen LogP contribution in [0.15, 0.2) is 79.0 Å². The number of ether oxygens (including phenoxy) is 1. The molecule has 8 heteroatoms. The van der Waals surface area contributed by atoms with Gasteiger partial charge < -0.3 is 14.5 Å². The summed E-state index contributed by atoms with van der Waals surface area (Å²) in [7, 11) is 0. The first kappa shape index (κ1) is 23.8. The highest BCUT2D eigenvalue weighted by atomic mass is 16.5. The lowest BCUT2D eigenvalue weighted by Crippen LogP contribution is -2.49. The molecule has 7 rings (SSSR count). The fraction of sp³-hybridized carbons (Fsp3) is 0.290. The fourth-order valence-electron chi connectivity index (χ4n) is 5.75. The highest BCUT2D eigenvalue weighted by Gasteiger charge is 2.28. The van der Waals surface area contributed by atoms with E-state index in [0.717, 1.165) is 70.8 Å². The van der Waals surface area contributed by atoms with Gasteiger partial charge in [0.05, 0.1) is 17.3 Å². The summed E-state index contributed by atoms with van der Waals surface area (Å²) in [5.74, 6) is 2.10. The van der Waals surface area contributed by atoms with E-state index in [1.807, 2.05) is 76.4 Å². The number of aromatic nitrogens is 4. The van der Waals surface area contributed by atoms with E-state index >= 15 is 0 Å². The van der Waals surface area contributed by atoms with Crippen molar-refractivity contribution in [1.82, 2.24) is 24.6 Å². The molecular weight excluding hydrogens is 488 g/mol. The normalized spacial score (nSPS) is 16.7. The molecule has 0 atom stereocenters. The van der Waals surface area contributed by atoms with Crippen LogP contribution in [0.4, 0.5) is 5.82 Å². The Labute approximate surface area is 226 Å². The average Bonchev–Trinajstić information content (AvgIpc) is 3.45. The van der Waals surface area contributed by atoms with Crippen molar-refractivity contribution in [3.8, 4) is 5.69 Å². The number of hydrogen-bond donors (Lipinski definition) is 0. The Morgan fingerprint density at radius 2 is 1.54 bits per heavy atom. The molecule has 39 heavy (non-hydrogen) atoms. The van der Waals surface area contributed by atoms with E-state index in [2.05, 4.69) is 17.0 Å². The van der Waals surface area contributed by atoms with Crippen molar-refractivity contribution < 1.29 is 9.53 Å². The lowest BCUT2D eigenvalue weighted by Gasteiger charge is -2.36. The number of carbonyl (C=O) groups excluding carboxylic acids is 1. The number of amides is 1. The van der Waals surface area contributed by atoms with Gasteiger partial charge in [-0.2, -0.15) is 5.10 Å². The third-order valence-electron chi connectivity index (χ3n) is 7.90. The van der Waals surface area contributed by atoms with E-state index < -0.39 is 0 Å². The minimum absolute atomic E-state index is 0.0825. The first-order valence-corrected chi connectivity index (χ1v) is 13.7. The summed E-state index contributed by atoms with van der Waals surface area (Å²) in [4.78, 5) is 28.0. The fourth-order valence-corrected chi connectivity index (χ4v) is 5.75. The summed E-state index contributed by atoms with van der Waals surface area (Å²) in [6, 6.07) is 24.1. The zero-order valence-corrected chi connectivity index (χ0v) is 21.7. The second-order valence-corrected chi connectivity index (χ2v) is 10.2. The van der Waals surface area contributed by atoms with Crippen LogP contribution in [0.1, 0.15) is 34.9 Å². The van der Waals surface area contributed by atoms with Crippen LogP contribution in [0.25, 0.3) is 27.5 Å². The maximum absolute atomic E-state index is 13.5. The molecule has 0 N–H and O–H groups in total. The number of hydrogen-bond acceptors (Lipinski definition) is 6. The Hall–Kier alpha value is -4.30. The van der Waals surface area contributed by atoms with Gasteiger partial charge in [0.2, 0.25) is 0 Å². The van der Waals surface area contributed by atoms with E-state index in [4.69, 9.17) is 19.8 Å². The molecule has 0 radical (unpaired) electrons. The van der Waals surface area contributed by atoms with Gasteiger partial charge in [-0.3, -0.25) is 4.79 Å². The van der Waals surface area contributed by atoms with Gasteiger partial charge in [-0.1, -0.05) is 54.6 Å². The number of para-hydroxylation sites is 1. The second kappa shape index (κ2) is 10.1. The van der Waals surface area contributed by atoms with Gasteiger partial charge in [0.1, 0.15) is 11.6 Å². The summed E-state index contributed by atoms with van der Waals surface area (Å²) in [5, 5.41) is 7.74. The van der Waals surface area contributed by atoms with Crippen LogP contribution in [0.2, 0.25) is 0 Å². The Morgan fingerprint density at radius 1 is 0.795 bits per heavy atom. The third-order valence-corrected chi connectivity index (χ3v) is 7.90. The molecule has 2 fully saturated rings. The molecule has 1 amide bonds. The SMILES string of the molecule is O=C(c1cccc2ccccc12)N1CCN(c2nc(C3CCOCC3)nc3c2cnn3-c2ccccc2)CC1. The monoisotopic (exact) mass is 518 g/mol. The average molecular weight is 519 g/mol. The van der Waals surface area contributed by atoms with Crippen molar-refractivity contribution in [3.05, 3.63) is 90.4 Å². The Morgan fingerprint density at radius 3 is 2.36 bits per heavy atom. The molecule has 2 aliphatic rings. The molecule has 2 aliphatic heterocycles. The van der Waals surface area contributed by atoms with Crippen LogP contribution < -0.4 is 4.90 Å². The summed E-state index contributed by atoms with van der Waals surface area (Å²) in [5.41, 5.74) is 2.56. The molecule has 2 saturated heterocycles. The van der Waals surface area contributed by atoms with Gasteiger partial charge in [0, 0.05) is 50.9 Å². The lowest BCUT2D eigenvalue weighted by atomic mass is 9.99. The molecular formula is C31H30N6O2. The standard InChI is InChI=1S/C31H30N6O2/c38-31(26-12-6-8-22-7-4-5-11-25(22)26)36-17-15-35(16-18-36)29-27-21-32-37(24-9-2-1-3-10-24)30(27)34-28(33-29)23-13-19-39-20-14-23/h1-12,21,23H,13-20H2. The van der Waals surface area contributed by atoms with Crippen LogP contribution in [-0.2, 0) is 4.74 Å². The number of fused-ring (bicyclic) bond motifs is 2. The molecule has 0 spiro atoms. The largest absolute Gasteiger partial charge is 0.381 e. The van der Waals surface area contributed by atoms with E-state index in [0.29, 0.717) is 26.2 Å². The summed E-state index contributed by atoms with van der Waals surface area (Å²) < 4.78 is 7.52. The molecule has 2 aromatic heterocycles. The van der Waals surface area contributed by atoms with Crippen LogP contribution in [0, 0.1) is 0 Å². The molecule has 0 unspecified atom stereocenters. The van der Waals surface area contributed by atoms with Crippen LogP contribution >= 0.6 is 0 Å². The topological polar surface area (TPSA) is 76.4 Å². The molecule has 3 aromatic carbocycles. The van der Waals surface area contributed by atoms with E-state index in [9.17, 15) is 4.79 Å². The van der Waals surface area contributed by atoms with Crippen LogP contribution in [0.3, 0.4) is 0 Å². The second-order valence-electron chi connectivity index (χ2n) is 10.2. The predicted octanol–water partition coefficient (Wildman–Crippen LogP) is 4.83. The van der Waals surface area contributed by atoms with Crippen molar-refractivity contribution in [2.75, 3.05) is 44.3 Å². The molecule has 0 bridgehead atoms. The summed E-state index contributed by atoms with van der Waals surface area (Å²) in [6.07, 6.45) is 3.70. The van der Waals surface area contributed by atoms with Crippen molar-refractivity contribution >= 4 is 33.5 Å². The summed E-state index contributed by atoms with van der Waals surface area (Å²) >= 11 is 0. The van der Waals surface area contributed by atoms with Gasteiger partial charge in [0.15, 0.2) is 5.65 Å². The van der Waals surface area contributed by atoms with Gasteiger partial charge >= 0.3 is 0 Å². The van der Waals surface area contributed by atoms with E-state index in [1.54, 1.807) is 0 Å². The maximum atomic E-state index is 13.5. The Balaban J connectivity index is 1.20. The van der Waals surface area contributed by atoms with Crippen molar-refractivity contribution in [2.45, 2.75) is 18.8 Å². The lowest BCUT2D eigenvalue weighted by molar-refractivity contribution is 0.0748. The van der Waals surface area contributed by atoms with Crippen molar-refractivity contribution in [3.63, 3.8) is 0 Å². The first-order valence-electron chi connectivity index (χ1n) is 13.7. The van der Waals surface area contributed by atoms with E-state index in [-0.39, 0.29) is 11.8 Å². The molecule has 4 heterocycles. The minimum Gasteiger partial charge on any atom is -0.381 e. The number of piperazine rings is 1. The molecule has 196 valence electrons. The molecule has 5 aromatic rings. The zero-order chi connectivity index (χ0) is 26.2. The number of benzene rings is 3. The number of carbonyl (C=O) groups is 1. The number of anilines is 1. The molecule has 8 nitrogen and oxygen atoms in total. The number of rotatable bonds is 4. The Kier molecular flexibility index (Phi) is 6.17. The van der Waals surface area contributed by atoms with Gasteiger partial charge in [0.25, 0.3) is 5.91 Å². The quantitative estimate of drug-likeness (QED) is 0.339. The minimum atomic E-state index is 0.0825. The van der Waals surface area contributed by atoms with Crippen LogP contribution in [0.5, 0.6) is 0 Å². The third kappa shape index (κ3) is 4.40. The van der Waals surface area contributed by atoms with E-state index in [1.165, 1.54) is 0 Å². The smallest absolute Gasteiger partial charge is 0.254 e. The highest BCUT2D eigenvalue weighted by molar-refractivity contribution is 6.07. The first-order chi connectivity index (χ1) is 19.3. The predicted molar refractivity (Wildman–Crippen MR) is 152 cm³/mol. The van der Waals surface area contributed by atoms with Gasteiger partial charge in [-0.05, 0) is 41.8 Å². The van der Waals surface area contributed by atoms with Gasteiger partial charge in [-0.25, -0.2) is 14.6 Å². The molecule has 0 saturated carbocycles. The summed E-state index contributed by atoms with van der Waals surface area (Å²) in [6.45, 7) is 4.13. The van der Waals surface area contributed by atoms with Crippen molar-refractivity contribution in [2.24, 2.45) is 0 Å². The maximum Gasteiger partial charge on any atom is 0.254 e. The zero-order valence-electron chi connectivity index (χ0n) is 21.7. The Bertz CT molecular complexity index is 1630. The van der Waals surface area contributed by atoms with Crippen LogP contribution in [-0.4, -0.2) is 69.9 Å². The highest BCUT2D eigenvalue weighted by Crippen LogP contribution is 2.32.